The largest absolute Gasteiger partial charge is 0.399 e. The van der Waals surface area contributed by atoms with Crippen LogP contribution in [0.5, 0.6) is 0 Å². The van der Waals surface area contributed by atoms with E-state index in [4.69, 9.17) is 10.3 Å². The number of nitrogen functional groups attached to an aromatic ring is 1. The van der Waals surface area contributed by atoms with Crippen LogP contribution in [0.15, 0.2) is 53.2 Å². The molecule has 0 saturated heterocycles. The van der Waals surface area contributed by atoms with Gasteiger partial charge < -0.3 is 15.6 Å². The number of aromatic nitrogens is 4. The summed E-state index contributed by atoms with van der Waals surface area (Å²) in [7, 11) is 0. The maximum Gasteiger partial charge on any atom is 0.326 e. The van der Waals surface area contributed by atoms with Gasteiger partial charge in [0.05, 0.1) is 11.7 Å². The molecule has 4 aromatic rings. The molecule has 2 heterocycles. The summed E-state index contributed by atoms with van der Waals surface area (Å²) in [5.41, 5.74) is 9.03. The van der Waals surface area contributed by atoms with Gasteiger partial charge in [-0.1, -0.05) is 17.3 Å². The molecular formula is C15H12N6O. The van der Waals surface area contributed by atoms with E-state index in [1.54, 1.807) is 12.3 Å². The van der Waals surface area contributed by atoms with Crippen LogP contribution in [0.3, 0.4) is 0 Å². The first-order valence-corrected chi connectivity index (χ1v) is 6.68. The smallest absolute Gasteiger partial charge is 0.326 e. The summed E-state index contributed by atoms with van der Waals surface area (Å²) in [6.45, 7) is 0. The normalized spacial score (nSPS) is 10.9. The minimum atomic E-state index is 0.320. The lowest BCUT2D eigenvalue weighted by Crippen LogP contribution is -1.90. The lowest BCUT2D eigenvalue weighted by molar-refractivity contribution is 0.435. The number of hydrogen-bond acceptors (Lipinski definition) is 6. The second-order valence-electron chi connectivity index (χ2n) is 4.85. The van der Waals surface area contributed by atoms with E-state index in [0.717, 1.165) is 22.2 Å². The Labute approximate surface area is 125 Å². The molecule has 0 aliphatic carbocycles. The van der Waals surface area contributed by atoms with Crippen molar-refractivity contribution in [2.75, 3.05) is 11.1 Å². The highest BCUT2D eigenvalue weighted by Gasteiger charge is 2.09. The summed E-state index contributed by atoms with van der Waals surface area (Å²) >= 11 is 0. The number of benzene rings is 2. The molecule has 7 heteroatoms. The molecule has 4 N–H and O–H groups in total. The molecule has 0 fully saturated rings. The molecule has 22 heavy (non-hydrogen) atoms. The second kappa shape index (κ2) is 4.88. The van der Waals surface area contributed by atoms with Crippen molar-refractivity contribution >= 4 is 28.3 Å². The van der Waals surface area contributed by atoms with Gasteiger partial charge in [0.25, 0.3) is 0 Å². The standard InChI is InChI=1S/C15H12N6O/c16-11-3-1-2-9(6-11)14-19-15(22-21-14)18-12-4-5-13-10(7-12)8-17-20-13/h1-8H,16H2,(H,17,20)(H,18,19,21). The topological polar surface area (TPSA) is 106 Å². The van der Waals surface area contributed by atoms with Gasteiger partial charge in [-0.05, 0) is 30.3 Å². The van der Waals surface area contributed by atoms with Crippen LogP contribution in [0.4, 0.5) is 17.4 Å². The van der Waals surface area contributed by atoms with Crippen molar-refractivity contribution in [1.82, 2.24) is 20.3 Å². The van der Waals surface area contributed by atoms with Gasteiger partial charge in [0.1, 0.15) is 0 Å². The Morgan fingerprint density at radius 1 is 1.14 bits per heavy atom. The molecule has 0 saturated carbocycles. The Hall–Kier alpha value is -3.35. The fourth-order valence-corrected chi connectivity index (χ4v) is 2.21. The molecular weight excluding hydrogens is 280 g/mol. The third-order valence-corrected chi connectivity index (χ3v) is 3.26. The Morgan fingerprint density at radius 3 is 3.00 bits per heavy atom. The minimum Gasteiger partial charge on any atom is -0.399 e. The van der Waals surface area contributed by atoms with Crippen LogP contribution in [-0.2, 0) is 0 Å². The highest BCUT2D eigenvalue weighted by molar-refractivity contribution is 5.82. The highest BCUT2D eigenvalue weighted by atomic mass is 16.5. The summed E-state index contributed by atoms with van der Waals surface area (Å²) < 4.78 is 5.22. The summed E-state index contributed by atoms with van der Waals surface area (Å²) in [6, 6.07) is 13.4. The first-order valence-electron chi connectivity index (χ1n) is 6.68. The number of H-pyrrole nitrogens is 1. The van der Waals surface area contributed by atoms with Crippen LogP contribution in [0.2, 0.25) is 0 Å². The highest BCUT2D eigenvalue weighted by Crippen LogP contribution is 2.23. The number of nitrogens with two attached hydrogens (primary N) is 1. The van der Waals surface area contributed by atoms with Gasteiger partial charge >= 0.3 is 6.01 Å². The monoisotopic (exact) mass is 292 g/mol. The van der Waals surface area contributed by atoms with Crippen molar-refractivity contribution < 1.29 is 4.52 Å². The number of aromatic amines is 1. The van der Waals surface area contributed by atoms with Crippen LogP contribution in [-0.4, -0.2) is 20.3 Å². The predicted molar refractivity (Wildman–Crippen MR) is 83.5 cm³/mol. The van der Waals surface area contributed by atoms with E-state index < -0.39 is 0 Å². The number of nitrogens with one attached hydrogen (secondary N) is 2. The molecule has 0 aliphatic heterocycles. The van der Waals surface area contributed by atoms with Crippen molar-refractivity contribution in [3.05, 3.63) is 48.7 Å². The zero-order chi connectivity index (χ0) is 14.9. The average Bonchev–Trinajstić information content (AvgIpc) is 3.16. The van der Waals surface area contributed by atoms with E-state index in [1.807, 2.05) is 36.4 Å². The third kappa shape index (κ3) is 2.24. The predicted octanol–water partition coefficient (Wildman–Crippen LogP) is 2.94. The summed E-state index contributed by atoms with van der Waals surface area (Å²) in [4.78, 5) is 4.32. The Morgan fingerprint density at radius 2 is 2.09 bits per heavy atom. The minimum absolute atomic E-state index is 0.320. The van der Waals surface area contributed by atoms with Crippen LogP contribution in [0.1, 0.15) is 0 Å². The van der Waals surface area contributed by atoms with Gasteiger partial charge in [-0.25, -0.2) is 0 Å². The summed E-state index contributed by atoms with van der Waals surface area (Å²) in [5.74, 6) is 0.485. The van der Waals surface area contributed by atoms with Crippen molar-refractivity contribution in [3.8, 4) is 11.4 Å². The second-order valence-corrected chi connectivity index (χ2v) is 4.85. The molecule has 108 valence electrons. The van der Waals surface area contributed by atoms with Gasteiger partial charge in [-0.15, -0.1) is 0 Å². The van der Waals surface area contributed by atoms with Crippen LogP contribution in [0.25, 0.3) is 22.3 Å². The van der Waals surface area contributed by atoms with Gasteiger partial charge in [0, 0.05) is 22.3 Å². The van der Waals surface area contributed by atoms with Crippen LogP contribution < -0.4 is 11.1 Å². The third-order valence-electron chi connectivity index (χ3n) is 3.26. The molecule has 0 amide bonds. The molecule has 7 nitrogen and oxygen atoms in total. The van der Waals surface area contributed by atoms with E-state index in [9.17, 15) is 0 Å². The van der Waals surface area contributed by atoms with E-state index in [2.05, 4.69) is 25.7 Å². The Balaban J connectivity index is 1.61. The Bertz CT molecular complexity index is 942. The van der Waals surface area contributed by atoms with Crippen molar-refractivity contribution in [3.63, 3.8) is 0 Å². The average molecular weight is 292 g/mol. The number of rotatable bonds is 3. The molecule has 0 bridgehead atoms. The molecule has 0 radical (unpaired) electrons. The summed E-state index contributed by atoms with van der Waals surface area (Å²) in [5, 5.41) is 14.9. The fraction of sp³-hybridized carbons (Fsp3) is 0. The van der Waals surface area contributed by atoms with Crippen molar-refractivity contribution in [1.29, 1.82) is 0 Å². The molecule has 2 aromatic carbocycles. The summed E-state index contributed by atoms with van der Waals surface area (Å²) in [6.07, 6.45) is 1.76. The van der Waals surface area contributed by atoms with E-state index in [0.29, 0.717) is 17.5 Å². The van der Waals surface area contributed by atoms with E-state index >= 15 is 0 Å². The van der Waals surface area contributed by atoms with Crippen LogP contribution in [0, 0.1) is 0 Å². The zero-order valence-electron chi connectivity index (χ0n) is 11.4. The lowest BCUT2D eigenvalue weighted by Gasteiger charge is -2.00. The van der Waals surface area contributed by atoms with Gasteiger partial charge in [-0.2, -0.15) is 10.1 Å². The molecule has 4 rings (SSSR count). The van der Waals surface area contributed by atoms with E-state index in [-0.39, 0.29) is 0 Å². The van der Waals surface area contributed by atoms with E-state index in [1.165, 1.54) is 0 Å². The molecule has 0 aliphatic rings. The maximum absolute atomic E-state index is 5.76. The number of fused-ring (bicyclic) bond motifs is 1. The van der Waals surface area contributed by atoms with Gasteiger partial charge in [-0.3, -0.25) is 5.10 Å². The lowest BCUT2D eigenvalue weighted by atomic mass is 10.2. The van der Waals surface area contributed by atoms with Gasteiger partial charge in [0.15, 0.2) is 0 Å². The first kappa shape index (κ1) is 12.4. The van der Waals surface area contributed by atoms with Crippen molar-refractivity contribution in [2.45, 2.75) is 0 Å². The number of hydrogen-bond donors (Lipinski definition) is 3. The zero-order valence-corrected chi connectivity index (χ0v) is 11.4. The molecule has 0 atom stereocenters. The SMILES string of the molecule is Nc1cccc(-c2noc(Nc3ccc4[nH]ncc4c3)n2)c1. The molecule has 0 unspecified atom stereocenters. The van der Waals surface area contributed by atoms with Gasteiger partial charge in [0.2, 0.25) is 5.82 Å². The number of nitrogens with zero attached hydrogens (tertiary/aromatic N) is 3. The number of anilines is 3. The van der Waals surface area contributed by atoms with Crippen LogP contribution >= 0.6 is 0 Å². The van der Waals surface area contributed by atoms with Crippen molar-refractivity contribution in [2.24, 2.45) is 0 Å². The maximum atomic E-state index is 5.76. The quantitative estimate of drug-likeness (QED) is 0.501. The Kier molecular flexibility index (Phi) is 2.75. The molecule has 0 spiro atoms. The fourth-order valence-electron chi connectivity index (χ4n) is 2.21. The first-order chi connectivity index (χ1) is 10.8. The molecule has 2 aromatic heterocycles.